The van der Waals surface area contributed by atoms with Crippen molar-refractivity contribution in [1.82, 2.24) is 15.3 Å². The van der Waals surface area contributed by atoms with Crippen molar-refractivity contribution in [3.8, 4) is 12.3 Å². The first kappa shape index (κ1) is 8.82. The van der Waals surface area contributed by atoms with E-state index in [2.05, 4.69) is 21.2 Å². The topological polar surface area (TPSA) is 40.7 Å². The molecule has 0 spiro atoms. The lowest BCUT2D eigenvalue weighted by Gasteiger charge is -1.99. The van der Waals surface area contributed by atoms with Crippen LogP contribution in [0.2, 0.25) is 0 Å². The van der Waals surface area contributed by atoms with Crippen LogP contribution >= 0.6 is 0 Å². The number of hydrogen-bond donors (Lipinski definition) is 2. The number of nitrogens with zero attached hydrogens (tertiary/aromatic N) is 1. The molecule has 0 bridgehead atoms. The van der Waals surface area contributed by atoms with Crippen LogP contribution in [0.25, 0.3) is 0 Å². The molecule has 1 aromatic rings. The molecule has 3 heteroatoms. The normalized spacial score (nSPS) is 9.58. The second kappa shape index (κ2) is 5.39. The number of nitrogens with one attached hydrogen (secondary N) is 2. The Labute approximate surface area is 72.6 Å². The molecule has 2 N–H and O–H groups in total. The third-order valence-electron chi connectivity index (χ3n) is 1.54. The molecule has 0 aliphatic heterocycles. The summed E-state index contributed by atoms with van der Waals surface area (Å²) in [5.41, 5.74) is 1.11. The Balaban J connectivity index is 2.01. The highest BCUT2D eigenvalue weighted by Gasteiger charge is 1.91. The summed E-state index contributed by atoms with van der Waals surface area (Å²) in [6.45, 7) is 1.80. The molecule has 0 unspecified atom stereocenters. The predicted octanol–water partition coefficient (Wildman–Crippen LogP) is 0.913. The highest BCUT2D eigenvalue weighted by atomic mass is 14.9. The molecule has 0 saturated heterocycles. The van der Waals surface area contributed by atoms with Crippen LogP contribution in [-0.2, 0) is 6.54 Å². The molecule has 0 radical (unpaired) electrons. The van der Waals surface area contributed by atoms with Crippen molar-refractivity contribution in [2.75, 3.05) is 6.54 Å². The van der Waals surface area contributed by atoms with Gasteiger partial charge in [0.15, 0.2) is 0 Å². The Kier molecular flexibility index (Phi) is 3.96. The molecule has 12 heavy (non-hydrogen) atoms. The fourth-order valence-corrected chi connectivity index (χ4v) is 0.920. The summed E-state index contributed by atoms with van der Waals surface area (Å²) in [6.07, 6.45) is 10.5. The van der Waals surface area contributed by atoms with Gasteiger partial charge in [-0.05, 0) is 13.0 Å². The van der Waals surface area contributed by atoms with Crippen LogP contribution in [0.3, 0.4) is 0 Å². The minimum atomic E-state index is 0.838. The molecule has 1 aromatic heterocycles. The third-order valence-corrected chi connectivity index (χ3v) is 1.54. The molecule has 0 atom stereocenters. The zero-order valence-electron chi connectivity index (χ0n) is 7.01. The molecular weight excluding hydrogens is 150 g/mol. The van der Waals surface area contributed by atoms with Crippen LogP contribution in [0, 0.1) is 12.3 Å². The minimum Gasteiger partial charge on any atom is -0.347 e. The first-order valence-corrected chi connectivity index (χ1v) is 4.05. The summed E-state index contributed by atoms with van der Waals surface area (Å²) in [6, 6.07) is 0. The van der Waals surface area contributed by atoms with E-state index < -0.39 is 0 Å². The number of imidazole rings is 1. The van der Waals surface area contributed by atoms with Gasteiger partial charge >= 0.3 is 0 Å². The summed E-state index contributed by atoms with van der Waals surface area (Å²) >= 11 is 0. The van der Waals surface area contributed by atoms with Crippen molar-refractivity contribution in [2.24, 2.45) is 0 Å². The maximum Gasteiger partial charge on any atom is 0.0922 e. The summed E-state index contributed by atoms with van der Waals surface area (Å²) < 4.78 is 0. The van der Waals surface area contributed by atoms with Gasteiger partial charge in [-0.25, -0.2) is 4.98 Å². The van der Waals surface area contributed by atoms with Crippen molar-refractivity contribution in [2.45, 2.75) is 19.4 Å². The fraction of sp³-hybridized carbons (Fsp3) is 0.444. The maximum atomic E-state index is 5.11. The van der Waals surface area contributed by atoms with E-state index >= 15 is 0 Å². The highest BCUT2D eigenvalue weighted by Crippen LogP contribution is 1.89. The first-order valence-electron chi connectivity index (χ1n) is 4.05. The molecule has 0 saturated carbocycles. The number of rotatable bonds is 5. The minimum absolute atomic E-state index is 0.838. The van der Waals surface area contributed by atoms with E-state index in [1.165, 1.54) is 0 Å². The maximum absolute atomic E-state index is 5.11. The Morgan fingerprint density at radius 3 is 3.25 bits per heavy atom. The summed E-state index contributed by atoms with van der Waals surface area (Å²) in [7, 11) is 0. The van der Waals surface area contributed by atoms with Crippen LogP contribution in [0.15, 0.2) is 12.5 Å². The van der Waals surface area contributed by atoms with Gasteiger partial charge in [-0.3, -0.25) is 0 Å². The van der Waals surface area contributed by atoms with Gasteiger partial charge in [-0.2, -0.15) is 0 Å². The van der Waals surface area contributed by atoms with Gasteiger partial charge in [0.05, 0.1) is 6.33 Å². The van der Waals surface area contributed by atoms with E-state index in [1.807, 2.05) is 6.20 Å². The van der Waals surface area contributed by atoms with Crippen molar-refractivity contribution >= 4 is 0 Å². The molecule has 1 heterocycles. The average Bonchev–Trinajstić information content (AvgIpc) is 2.57. The van der Waals surface area contributed by atoms with E-state index in [0.29, 0.717) is 0 Å². The smallest absolute Gasteiger partial charge is 0.0922 e. The second-order valence-corrected chi connectivity index (χ2v) is 2.56. The van der Waals surface area contributed by atoms with Crippen LogP contribution in [0.5, 0.6) is 0 Å². The number of hydrogen-bond acceptors (Lipinski definition) is 2. The lowest BCUT2D eigenvalue weighted by Crippen LogP contribution is -2.14. The molecular formula is C9H13N3. The summed E-state index contributed by atoms with van der Waals surface area (Å²) in [5, 5.41) is 3.26. The van der Waals surface area contributed by atoms with Crippen molar-refractivity contribution in [3.05, 3.63) is 18.2 Å². The number of unbranched alkanes of at least 4 members (excludes halogenated alkanes) is 1. The van der Waals surface area contributed by atoms with Gasteiger partial charge in [0.25, 0.3) is 0 Å². The van der Waals surface area contributed by atoms with Gasteiger partial charge in [-0.15, -0.1) is 12.3 Å². The van der Waals surface area contributed by atoms with Crippen LogP contribution in [0.4, 0.5) is 0 Å². The highest BCUT2D eigenvalue weighted by molar-refractivity contribution is 4.93. The molecule has 1 rings (SSSR count). The van der Waals surface area contributed by atoms with Gasteiger partial charge in [-0.1, -0.05) is 0 Å². The zero-order chi connectivity index (χ0) is 8.65. The molecule has 0 aliphatic carbocycles. The Bertz CT molecular complexity index is 233. The third kappa shape index (κ3) is 3.22. The number of H-pyrrole nitrogens is 1. The van der Waals surface area contributed by atoms with Crippen molar-refractivity contribution in [3.63, 3.8) is 0 Å². The Hall–Kier alpha value is -1.27. The molecule has 64 valence electrons. The number of aromatic amines is 1. The van der Waals surface area contributed by atoms with Crippen molar-refractivity contribution in [1.29, 1.82) is 0 Å². The average molecular weight is 163 g/mol. The SMILES string of the molecule is C#CCCCNCc1cnc[nH]1. The Morgan fingerprint density at radius 1 is 1.67 bits per heavy atom. The summed E-state index contributed by atoms with van der Waals surface area (Å²) in [4.78, 5) is 6.92. The fourth-order valence-electron chi connectivity index (χ4n) is 0.920. The van der Waals surface area contributed by atoms with E-state index in [9.17, 15) is 0 Å². The van der Waals surface area contributed by atoms with Gasteiger partial charge < -0.3 is 10.3 Å². The molecule has 3 nitrogen and oxygen atoms in total. The van der Waals surface area contributed by atoms with E-state index in [0.717, 1.165) is 31.6 Å². The van der Waals surface area contributed by atoms with Gasteiger partial charge in [0, 0.05) is 24.9 Å². The Morgan fingerprint density at radius 2 is 2.58 bits per heavy atom. The lowest BCUT2D eigenvalue weighted by molar-refractivity contribution is 0.651. The molecule has 0 aliphatic rings. The number of aromatic nitrogens is 2. The molecule has 0 amide bonds. The largest absolute Gasteiger partial charge is 0.347 e. The van der Waals surface area contributed by atoms with Gasteiger partial charge in [0.1, 0.15) is 0 Å². The van der Waals surface area contributed by atoms with Crippen LogP contribution in [-0.4, -0.2) is 16.5 Å². The zero-order valence-corrected chi connectivity index (χ0v) is 7.01. The lowest BCUT2D eigenvalue weighted by atomic mass is 10.3. The standard InChI is InChI=1S/C9H13N3/c1-2-3-4-5-10-6-9-7-11-8-12-9/h1,7-8,10H,3-6H2,(H,11,12). The quantitative estimate of drug-likeness (QED) is 0.500. The molecule has 0 fully saturated rings. The van der Waals surface area contributed by atoms with Crippen LogP contribution in [0.1, 0.15) is 18.5 Å². The van der Waals surface area contributed by atoms with E-state index in [4.69, 9.17) is 6.42 Å². The van der Waals surface area contributed by atoms with Crippen LogP contribution < -0.4 is 5.32 Å². The van der Waals surface area contributed by atoms with Crippen molar-refractivity contribution < 1.29 is 0 Å². The molecule has 0 aromatic carbocycles. The summed E-state index contributed by atoms with van der Waals surface area (Å²) in [5.74, 6) is 2.60. The predicted molar refractivity (Wildman–Crippen MR) is 48.4 cm³/mol. The van der Waals surface area contributed by atoms with E-state index in [-0.39, 0.29) is 0 Å². The monoisotopic (exact) mass is 163 g/mol. The first-order chi connectivity index (χ1) is 5.93. The van der Waals surface area contributed by atoms with E-state index in [1.54, 1.807) is 6.33 Å². The second-order valence-electron chi connectivity index (χ2n) is 2.56. The van der Waals surface area contributed by atoms with Gasteiger partial charge in [0.2, 0.25) is 0 Å². The number of terminal acetylenes is 1.